The Hall–Kier alpha value is -1.09. The third kappa shape index (κ3) is 3.58. The van der Waals surface area contributed by atoms with Crippen molar-refractivity contribution in [1.29, 1.82) is 0 Å². The van der Waals surface area contributed by atoms with Gasteiger partial charge in [0.15, 0.2) is 0 Å². The Morgan fingerprint density at radius 3 is 2.33 bits per heavy atom. The molecule has 3 heteroatoms. The summed E-state index contributed by atoms with van der Waals surface area (Å²) in [5, 5.41) is 21.0. The summed E-state index contributed by atoms with van der Waals surface area (Å²) in [5.74, 6) is -0.0420. The summed E-state index contributed by atoms with van der Waals surface area (Å²) in [4.78, 5) is 12.5. The number of hydrogen-bond acceptors (Lipinski definition) is 2. The fourth-order valence-corrected chi connectivity index (χ4v) is 9.41. The maximum atomic E-state index is 12.5. The number of fused-ring (bicyclic) bond motifs is 4. The summed E-state index contributed by atoms with van der Waals surface area (Å²) in [7, 11) is 0. The molecule has 0 bridgehead atoms. The molecule has 0 heterocycles. The highest BCUT2D eigenvalue weighted by Gasteiger charge is 2.64. The molecule has 0 saturated heterocycles. The molecule has 7 atom stereocenters. The Balaban J connectivity index is 1.69. The lowest BCUT2D eigenvalue weighted by molar-refractivity contribution is -0.146. The Morgan fingerprint density at radius 1 is 1.00 bits per heavy atom. The number of hydrogen-bond donors (Lipinski definition) is 2. The predicted octanol–water partition coefficient (Wildman–Crippen LogP) is 7.54. The smallest absolute Gasteiger partial charge is 0.306 e. The fourth-order valence-electron chi connectivity index (χ4n) is 9.41. The van der Waals surface area contributed by atoms with Crippen molar-refractivity contribution in [3.05, 3.63) is 22.8 Å². The Bertz CT molecular complexity index is 862. The van der Waals surface area contributed by atoms with Crippen molar-refractivity contribution in [2.75, 3.05) is 0 Å². The Morgan fingerprint density at radius 2 is 1.70 bits per heavy atom. The van der Waals surface area contributed by atoms with Gasteiger partial charge in [0.1, 0.15) is 0 Å². The summed E-state index contributed by atoms with van der Waals surface area (Å²) >= 11 is 0. The topological polar surface area (TPSA) is 57.5 Å². The zero-order valence-electron chi connectivity index (χ0n) is 22.3. The Kier molecular flexibility index (Phi) is 6.25. The molecule has 0 aliphatic heterocycles. The van der Waals surface area contributed by atoms with Gasteiger partial charge >= 0.3 is 5.97 Å². The van der Waals surface area contributed by atoms with Gasteiger partial charge in [0, 0.05) is 0 Å². The van der Waals surface area contributed by atoms with Gasteiger partial charge in [-0.3, -0.25) is 4.79 Å². The predicted molar refractivity (Wildman–Crippen MR) is 135 cm³/mol. The molecule has 186 valence electrons. The monoisotopic (exact) mass is 456 g/mol. The van der Waals surface area contributed by atoms with Crippen molar-refractivity contribution in [2.24, 2.45) is 39.4 Å². The van der Waals surface area contributed by atoms with Crippen LogP contribution in [0.25, 0.3) is 0 Å². The third-order valence-corrected chi connectivity index (χ3v) is 11.6. The van der Waals surface area contributed by atoms with Gasteiger partial charge < -0.3 is 10.2 Å². The average Bonchev–Trinajstić information content (AvgIpc) is 3.00. The molecule has 4 rings (SSSR count). The van der Waals surface area contributed by atoms with E-state index in [1.54, 1.807) is 11.1 Å². The first kappa shape index (κ1) is 25.0. The summed E-state index contributed by atoms with van der Waals surface area (Å²) in [6.45, 7) is 16.2. The second-order valence-electron chi connectivity index (χ2n) is 13.5. The van der Waals surface area contributed by atoms with Crippen LogP contribution in [0.1, 0.15) is 113 Å². The van der Waals surface area contributed by atoms with E-state index < -0.39 is 5.97 Å². The van der Waals surface area contributed by atoms with Gasteiger partial charge in [0.05, 0.1) is 12.0 Å². The SMILES string of the molecule is CC(C)=CCC[C@H](C(=O)O)[C@@H]1CC[C@]2(C)C3=C(CC[C@]12C)[C@]1(C)CC[C@@H](O)C(C)(C)[C@H]1CC3. The molecule has 0 aromatic rings. The van der Waals surface area contributed by atoms with E-state index in [0.717, 1.165) is 57.8 Å². The van der Waals surface area contributed by atoms with Gasteiger partial charge in [0.2, 0.25) is 0 Å². The van der Waals surface area contributed by atoms with Crippen LogP contribution in [-0.2, 0) is 4.79 Å². The molecule has 4 aliphatic carbocycles. The zero-order valence-corrected chi connectivity index (χ0v) is 22.3. The van der Waals surface area contributed by atoms with Gasteiger partial charge in [-0.1, -0.05) is 57.4 Å². The lowest BCUT2D eigenvalue weighted by Crippen LogP contribution is -2.55. The summed E-state index contributed by atoms with van der Waals surface area (Å²) < 4.78 is 0. The van der Waals surface area contributed by atoms with E-state index in [0.29, 0.717) is 5.92 Å². The molecule has 0 aromatic carbocycles. The first-order valence-electron chi connectivity index (χ1n) is 13.6. The molecule has 0 aromatic heterocycles. The van der Waals surface area contributed by atoms with Crippen LogP contribution in [0, 0.1) is 39.4 Å². The molecule has 33 heavy (non-hydrogen) atoms. The molecule has 0 radical (unpaired) electrons. The molecular formula is C30H48O3. The second kappa shape index (κ2) is 8.25. The van der Waals surface area contributed by atoms with Gasteiger partial charge in [-0.2, -0.15) is 0 Å². The highest BCUT2D eigenvalue weighted by atomic mass is 16.4. The standard InChI is InChI=1S/C30H48O3/c1-19(2)9-8-10-20(26(32)33)21-13-17-30(7)23-11-12-24-27(3,4)25(31)15-16-28(24,5)22(23)14-18-29(21,30)6/h9,20-21,24-25,31H,8,10-18H2,1-7H3,(H,32,33)/t20-,21-,24+,25+,28-,29+,30+/m0/s1. The molecule has 4 aliphatic rings. The summed E-state index contributed by atoms with van der Waals surface area (Å²) in [6.07, 6.45) is 12.3. The van der Waals surface area contributed by atoms with Crippen LogP contribution in [0.4, 0.5) is 0 Å². The fraction of sp³-hybridized carbons (Fsp3) is 0.833. The van der Waals surface area contributed by atoms with Crippen LogP contribution in [0.5, 0.6) is 0 Å². The highest BCUT2D eigenvalue weighted by Crippen LogP contribution is 2.72. The van der Waals surface area contributed by atoms with E-state index in [1.165, 1.54) is 12.0 Å². The van der Waals surface area contributed by atoms with Crippen molar-refractivity contribution in [3.8, 4) is 0 Å². The normalized spacial score (nSPS) is 42.7. The largest absolute Gasteiger partial charge is 0.481 e. The number of aliphatic hydroxyl groups is 1. The number of allylic oxidation sites excluding steroid dienone is 4. The van der Waals surface area contributed by atoms with Gasteiger partial charge in [0.25, 0.3) is 0 Å². The first-order valence-corrected chi connectivity index (χ1v) is 13.6. The van der Waals surface area contributed by atoms with Crippen LogP contribution >= 0.6 is 0 Å². The first-order chi connectivity index (χ1) is 15.3. The van der Waals surface area contributed by atoms with E-state index in [9.17, 15) is 15.0 Å². The number of carboxylic acid groups (broad SMARTS) is 1. The number of aliphatic hydroxyl groups excluding tert-OH is 1. The molecule has 2 saturated carbocycles. The van der Waals surface area contributed by atoms with Crippen LogP contribution in [-0.4, -0.2) is 22.3 Å². The minimum atomic E-state index is -0.592. The lowest BCUT2D eigenvalue weighted by atomic mass is 9.43. The van der Waals surface area contributed by atoms with Crippen molar-refractivity contribution in [2.45, 2.75) is 119 Å². The third-order valence-electron chi connectivity index (χ3n) is 11.6. The molecule has 0 spiro atoms. The van der Waals surface area contributed by atoms with E-state index in [4.69, 9.17) is 0 Å². The maximum absolute atomic E-state index is 12.5. The van der Waals surface area contributed by atoms with Crippen LogP contribution in [0.3, 0.4) is 0 Å². The molecule has 2 fully saturated rings. The molecule has 3 nitrogen and oxygen atoms in total. The minimum Gasteiger partial charge on any atom is -0.481 e. The summed E-state index contributed by atoms with van der Waals surface area (Å²) in [5.41, 5.74) is 5.00. The highest BCUT2D eigenvalue weighted by molar-refractivity contribution is 5.70. The number of aliphatic carboxylic acids is 1. The number of carboxylic acids is 1. The number of rotatable bonds is 5. The molecular weight excluding hydrogens is 408 g/mol. The van der Waals surface area contributed by atoms with Crippen molar-refractivity contribution >= 4 is 5.97 Å². The average molecular weight is 457 g/mol. The van der Waals surface area contributed by atoms with Crippen LogP contribution < -0.4 is 0 Å². The molecule has 0 unspecified atom stereocenters. The van der Waals surface area contributed by atoms with Crippen LogP contribution in [0.15, 0.2) is 22.8 Å². The Labute approximate surface area is 202 Å². The lowest BCUT2D eigenvalue weighted by Gasteiger charge is -2.62. The quantitative estimate of drug-likeness (QED) is 0.420. The zero-order chi connectivity index (χ0) is 24.4. The van der Waals surface area contributed by atoms with E-state index >= 15 is 0 Å². The van der Waals surface area contributed by atoms with Gasteiger partial charge in [-0.05, 0) is 112 Å². The molecule has 0 amide bonds. The van der Waals surface area contributed by atoms with Crippen LogP contribution in [0.2, 0.25) is 0 Å². The maximum Gasteiger partial charge on any atom is 0.306 e. The minimum absolute atomic E-state index is 0.0370. The number of carbonyl (C=O) groups is 1. The second-order valence-corrected chi connectivity index (χ2v) is 13.5. The van der Waals surface area contributed by atoms with Gasteiger partial charge in [-0.25, -0.2) is 0 Å². The van der Waals surface area contributed by atoms with E-state index in [-0.39, 0.29) is 39.6 Å². The summed E-state index contributed by atoms with van der Waals surface area (Å²) in [6, 6.07) is 0. The van der Waals surface area contributed by atoms with Gasteiger partial charge in [-0.15, -0.1) is 0 Å². The van der Waals surface area contributed by atoms with Crippen molar-refractivity contribution in [3.63, 3.8) is 0 Å². The van der Waals surface area contributed by atoms with E-state index in [2.05, 4.69) is 54.5 Å². The molecule has 2 N–H and O–H groups in total. The van der Waals surface area contributed by atoms with Crippen molar-refractivity contribution < 1.29 is 15.0 Å². The van der Waals surface area contributed by atoms with E-state index in [1.807, 2.05) is 0 Å². The van der Waals surface area contributed by atoms with Crippen molar-refractivity contribution in [1.82, 2.24) is 0 Å².